The summed E-state index contributed by atoms with van der Waals surface area (Å²) in [7, 11) is 7.63. The topological polar surface area (TPSA) is 57.2 Å². The van der Waals surface area contributed by atoms with Crippen LogP contribution in [-0.4, -0.2) is 61.7 Å². The average molecular weight is 256 g/mol. The number of thioether (sulfide) groups is 1. The van der Waals surface area contributed by atoms with Crippen molar-refractivity contribution in [2.45, 2.75) is 0 Å². The van der Waals surface area contributed by atoms with Gasteiger partial charge in [-0.05, 0) is 6.26 Å². The zero-order valence-corrected chi connectivity index (χ0v) is 11.9. The highest BCUT2D eigenvalue weighted by Gasteiger charge is 2.10. The first kappa shape index (κ1) is 13.8. The minimum atomic E-state index is 0.592. The van der Waals surface area contributed by atoms with Crippen LogP contribution in [0, 0.1) is 0 Å². The molecule has 6 nitrogen and oxygen atoms in total. The Kier molecular flexibility index (Phi) is 5.27. The lowest BCUT2D eigenvalue weighted by Gasteiger charge is -2.19. The van der Waals surface area contributed by atoms with E-state index in [1.165, 1.54) is 0 Å². The van der Waals surface area contributed by atoms with Crippen molar-refractivity contribution < 1.29 is 0 Å². The molecule has 0 fully saturated rings. The third kappa shape index (κ3) is 3.92. The predicted molar refractivity (Wildman–Crippen MR) is 75.4 cm³/mol. The molecule has 1 rings (SSSR count). The summed E-state index contributed by atoms with van der Waals surface area (Å²) in [6.45, 7) is 0.918. The van der Waals surface area contributed by atoms with Gasteiger partial charge in [-0.1, -0.05) is 0 Å². The Bertz CT molecular complexity index is 357. The summed E-state index contributed by atoms with van der Waals surface area (Å²) in [5.74, 6) is 3.00. The van der Waals surface area contributed by atoms with Crippen LogP contribution in [0.3, 0.4) is 0 Å². The zero-order chi connectivity index (χ0) is 12.8. The van der Waals surface area contributed by atoms with Crippen LogP contribution in [0.1, 0.15) is 0 Å². The second kappa shape index (κ2) is 6.48. The molecule has 1 heterocycles. The van der Waals surface area contributed by atoms with Gasteiger partial charge in [0.1, 0.15) is 0 Å². The second-order valence-electron chi connectivity index (χ2n) is 3.82. The molecule has 0 unspecified atom stereocenters. The van der Waals surface area contributed by atoms with Crippen molar-refractivity contribution in [3.05, 3.63) is 0 Å². The Morgan fingerprint density at radius 3 is 2.29 bits per heavy atom. The van der Waals surface area contributed by atoms with Crippen molar-refractivity contribution in [1.29, 1.82) is 0 Å². The van der Waals surface area contributed by atoms with Gasteiger partial charge in [-0.2, -0.15) is 26.7 Å². The number of aromatic nitrogens is 3. The van der Waals surface area contributed by atoms with Crippen LogP contribution in [0.2, 0.25) is 0 Å². The van der Waals surface area contributed by atoms with E-state index in [9.17, 15) is 0 Å². The molecular formula is C10H20N6S. The van der Waals surface area contributed by atoms with Gasteiger partial charge in [0.05, 0.1) is 0 Å². The van der Waals surface area contributed by atoms with Crippen LogP contribution in [0.15, 0.2) is 0 Å². The first-order valence-corrected chi connectivity index (χ1v) is 6.79. The third-order valence-corrected chi connectivity index (χ3v) is 2.80. The number of nitrogens with one attached hydrogen (secondary N) is 1. The molecule has 17 heavy (non-hydrogen) atoms. The maximum atomic E-state index is 4.41. The molecule has 0 aliphatic rings. The summed E-state index contributed by atoms with van der Waals surface area (Å²) in [5.41, 5.74) is 0. The largest absolute Gasteiger partial charge is 0.357 e. The van der Waals surface area contributed by atoms with Crippen LogP contribution in [0.4, 0.5) is 17.8 Å². The second-order valence-corrected chi connectivity index (χ2v) is 4.80. The van der Waals surface area contributed by atoms with Crippen LogP contribution < -0.4 is 15.1 Å². The van der Waals surface area contributed by atoms with E-state index in [4.69, 9.17) is 0 Å². The van der Waals surface area contributed by atoms with E-state index in [0.717, 1.165) is 12.3 Å². The Morgan fingerprint density at radius 1 is 1.12 bits per heavy atom. The molecule has 0 saturated carbocycles. The van der Waals surface area contributed by atoms with Gasteiger partial charge in [0.2, 0.25) is 17.8 Å². The SMILES string of the molecule is CNc1nc(N(C)C)nc(N(C)CCSC)n1. The molecule has 1 aromatic rings. The quantitative estimate of drug-likeness (QED) is 0.807. The van der Waals surface area contributed by atoms with E-state index in [2.05, 4.69) is 26.5 Å². The van der Waals surface area contributed by atoms with Crippen molar-refractivity contribution in [2.75, 3.05) is 61.9 Å². The van der Waals surface area contributed by atoms with Gasteiger partial charge in [-0.25, -0.2) is 0 Å². The number of anilines is 3. The molecule has 0 atom stereocenters. The van der Waals surface area contributed by atoms with E-state index in [1.54, 1.807) is 18.8 Å². The van der Waals surface area contributed by atoms with Gasteiger partial charge in [-0.3, -0.25) is 0 Å². The van der Waals surface area contributed by atoms with Crippen molar-refractivity contribution in [1.82, 2.24) is 15.0 Å². The lowest BCUT2D eigenvalue weighted by molar-refractivity contribution is 0.873. The molecule has 1 N–H and O–H groups in total. The summed E-state index contributed by atoms with van der Waals surface area (Å²) in [6, 6.07) is 0. The Labute approximate surface area is 107 Å². The highest BCUT2D eigenvalue weighted by atomic mass is 32.2. The average Bonchev–Trinajstić information content (AvgIpc) is 2.35. The van der Waals surface area contributed by atoms with Crippen LogP contribution in [0.25, 0.3) is 0 Å². The monoisotopic (exact) mass is 256 g/mol. The molecule has 0 amide bonds. The number of rotatable bonds is 6. The minimum absolute atomic E-state index is 0.592. The fourth-order valence-corrected chi connectivity index (χ4v) is 1.62. The van der Waals surface area contributed by atoms with Gasteiger partial charge in [0.15, 0.2) is 0 Å². The molecule has 7 heteroatoms. The van der Waals surface area contributed by atoms with Crippen LogP contribution >= 0.6 is 11.8 Å². The first-order valence-electron chi connectivity index (χ1n) is 5.39. The molecule has 0 radical (unpaired) electrons. The lowest BCUT2D eigenvalue weighted by atomic mass is 10.6. The van der Waals surface area contributed by atoms with E-state index in [0.29, 0.717) is 17.8 Å². The van der Waals surface area contributed by atoms with E-state index >= 15 is 0 Å². The third-order valence-electron chi connectivity index (χ3n) is 2.21. The molecular weight excluding hydrogens is 236 g/mol. The molecule has 0 aromatic carbocycles. The molecule has 0 aliphatic carbocycles. The molecule has 0 aliphatic heterocycles. The molecule has 0 saturated heterocycles. The minimum Gasteiger partial charge on any atom is -0.357 e. The van der Waals surface area contributed by atoms with Gasteiger partial charge < -0.3 is 15.1 Å². The maximum absolute atomic E-state index is 4.41. The summed E-state index contributed by atoms with van der Waals surface area (Å²) >= 11 is 1.81. The summed E-state index contributed by atoms with van der Waals surface area (Å²) in [6.07, 6.45) is 2.09. The fraction of sp³-hybridized carbons (Fsp3) is 0.700. The van der Waals surface area contributed by atoms with Crippen molar-refractivity contribution >= 4 is 29.6 Å². The summed E-state index contributed by atoms with van der Waals surface area (Å²) < 4.78 is 0. The highest BCUT2D eigenvalue weighted by Crippen LogP contribution is 2.13. The molecule has 0 bridgehead atoms. The van der Waals surface area contributed by atoms with Gasteiger partial charge >= 0.3 is 0 Å². The number of hydrogen-bond acceptors (Lipinski definition) is 7. The van der Waals surface area contributed by atoms with Crippen molar-refractivity contribution in [3.63, 3.8) is 0 Å². The fourth-order valence-electron chi connectivity index (χ4n) is 1.16. The smallest absolute Gasteiger partial charge is 0.231 e. The van der Waals surface area contributed by atoms with E-state index < -0.39 is 0 Å². The lowest BCUT2D eigenvalue weighted by Crippen LogP contribution is -2.25. The zero-order valence-electron chi connectivity index (χ0n) is 11.1. The maximum Gasteiger partial charge on any atom is 0.231 e. The standard InChI is InChI=1S/C10H20N6S/c1-11-8-12-9(15(2)3)14-10(13-8)16(4)6-7-17-5/h6-7H2,1-5H3,(H,11,12,13,14). The Balaban J connectivity index is 2.93. The Hall–Kier alpha value is -1.24. The van der Waals surface area contributed by atoms with E-state index in [1.807, 2.05) is 30.9 Å². The molecule has 0 spiro atoms. The molecule has 96 valence electrons. The summed E-state index contributed by atoms with van der Waals surface area (Å²) in [4.78, 5) is 16.9. The van der Waals surface area contributed by atoms with Gasteiger partial charge in [0.25, 0.3) is 0 Å². The van der Waals surface area contributed by atoms with E-state index in [-0.39, 0.29) is 0 Å². The van der Waals surface area contributed by atoms with Gasteiger partial charge in [0, 0.05) is 40.5 Å². The Morgan fingerprint density at radius 2 is 1.76 bits per heavy atom. The van der Waals surface area contributed by atoms with Crippen molar-refractivity contribution in [2.24, 2.45) is 0 Å². The highest BCUT2D eigenvalue weighted by molar-refractivity contribution is 7.98. The summed E-state index contributed by atoms with van der Waals surface area (Å²) in [5, 5.41) is 2.95. The number of nitrogens with zero attached hydrogens (tertiary/aromatic N) is 5. The van der Waals surface area contributed by atoms with Crippen molar-refractivity contribution in [3.8, 4) is 0 Å². The molecule has 1 aromatic heterocycles. The van der Waals surface area contributed by atoms with Crippen LogP contribution in [-0.2, 0) is 0 Å². The first-order chi connectivity index (χ1) is 8.08. The predicted octanol–water partition coefficient (Wildman–Crippen LogP) is 0.778. The number of hydrogen-bond donors (Lipinski definition) is 1. The van der Waals surface area contributed by atoms with Crippen LogP contribution in [0.5, 0.6) is 0 Å². The normalized spacial score (nSPS) is 10.2. The van der Waals surface area contributed by atoms with Gasteiger partial charge in [-0.15, -0.1) is 0 Å².